The maximum atomic E-state index is 13.3. The van der Waals surface area contributed by atoms with E-state index >= 15 is 0 Å². The zero-order chi connectivity index (χ0) is 51.2. The van der Waals surface area contributed by atoms with Gasteiger partial charge in [-0.25, -0.2) is 24.0 Å². The van der Waals surface area contributed by atoms with Crippen molar-refractivity contribution in [3.63, 3.8) is 0 Å². The minimum Gasteiger partial charge on any atom is -0.461 e. The van der Waals surface area contributed by atoms with Crippen LogP contribution in [0.15, 0.2) is 122 Å². The van der Waals surface area contributed by atoms with Gasteiger partial charge in [-0.3, -0.25) is 0 Å². The van der Waals surface area contributed by atoms with E-state index in [1.54, 1.807) is 34.6 Å². The minimum absolute atomic E-state index is 0.0663. The van der Waals surface area contributed by atoms with Gasteiger partial charge in [0.25, 0.3) is 0 Å². The smallest absolute Gasteiger partial charge is 0.335 e. The molecule has 1 N–H and O–H groups in total. The second kappa shape index (κ2) is 33.0. The molecule has 0 spiro atoms. The molecule has 0 saturated carbocycles. The van der Waals surface area contributed by atoms with Gasteiger partial charge in [-0.15, -0.1) is 0 Å². The Labute approximate surface area is 396 Å². The predicted octanol–water partition coefficient (Wildman–Crippen LogP) is 5.43. The average molecular weight is 945 g/mol. The van der Waals surface area contributed by atoms with E-state index in [2.05, 4.69) is 65.8 Å². The average Bonchev–Trinajstić information content (AvgIpc) is 3.25. The number of hydrogen-bond donors (Lipinski definition) is 1. The van der Waals surface area contributed by atoms with Crippen molar-refractivity contribution in [2.75, 3.05) is 119 Å². The highest BCUT2D eigenvalue weighted by atomic mass is 16.6. The number of aliphatic hydroxyl groups excluding tert-OH is 1. The molecule has 374 valence electrons. The molecule has 17 heteroatoms. The van der Waals surface area contributed by atoms with Crippen molar-refractivity contribution in [3.8, 4) is 0 Å². The van der Waals surface area contributed by atoms with Crippen LogP contribution in [0.25, 0.3) is 0 Å². The lowest BCUT2D eigenvalue weighted by Gasteiger charge is -2.35. The van der Waals surface area contributed by atoms with Crippen molar-refractivity contribution in [1.82, 2.24) is 0 Å². The van der Waals surface area contributed by atoms with E-state index in [-0.39, 0.29) is 93.9 Å². The van der Waals surface area contributed by atoms with Gasteiger partial charge in [0.2, 0.25) is 0 Å². The summed E-state index contributed by atoms with van der Waals surface area (Å²) >= 11 is 0. The molecule has 17 nitrogen and oxygen atoms in total. The zero-order valence-corrected chi connectivity index (χ0v) is 40.3. The van der Waals surface area contributed by atoms with Crippen molar-refractivity contribution >= 4 is 29.8 Å². The third kappa shape index (κ3) is 28.3. The Kier molecular flexibility index (Phi) is 30.3. The van der Waals surface area contributed by atoms with E-state index in [4.69, 9.17) is 52.1 Å². The van der Waals surface area contributed by atoms with Crippen LogP contribution in [0.2, 0.25) is 0 Å². The third-order valence-corrected chi connectivity index (χ3v) is 8.27. The molecule has 0 heterocycles. The fourth-order valence-electron chi connectivity index (χ4n) is 4.64. The number of aliphatic hydroxyl groups is 1. The lowest BCUT2D eigenvalue weighted by molar-refractivity contribution is -0.168. The van der Waals surface area contributed by atoms with Gasteiger partial charge in [0, 0.05) is 0 Å². The van der Waals surface area contributed by atoms with Crippen LogP contribution in [0, 0.1) is 10.8 Å². The first kappa shape index (κ1) is 61.5. The van der Waals surface area contributed by atoms with E-state index < -0.39 is 93.5 Å². The van der Waals surface area contributed by atoms with Gasteiger partial charge in [-0.1, -0.05) is 93.7 Å². The number of carbonyl (C=O) groups is 5. The Balaban J connectivity index is 6.99. The third-order valence-electron chi connectivity index (χ3n) is 8.27. The predicted molar refractivity (Wildman–Crippen MR) is 251 cm³/mol. The summed E-state index contributed by atoms with van der Waals surface area (Å²) in [4.78, 5) is 65.9. The van der Waals surface area contributed by atoms with Crippen LogP contribution in [0.3, 0.4) is 0 Å². The Morgan fingerprint density at radius 3 is 0.701 bits per heavy atom. The van der Waals surface area contributed by atoms with Crippen molar-refractivity contribution in [3.05, 3.63) is 122 Å². The minimum atomic E-state index is -1.73. The van der Waals surface area contributed by atoms with Gasteiger partial charge in [-0.05, 0) is 34.6 Å². The maximum Gasteiger partial charge on any atom is 0.335 e. The van der Waals surface area contributed by atoms with Crippen LogP contribution in [-0.4, -0.2) is 154 Å². The highest BCUT2D eigenvalue weighted by Gasteiger charge is 2.40. The van der Waals surface area contributed by atoms with Gasteiger partial charge >= 0.3 is 29.8 Å². The van der Waals surface area contributed by atoms with E-state index in [9.17, 15) is 29.1 Å². The first-order valence-electron chi connectivity index (χ1n) is 20.9. The summed E-state index contributed by atoms with van der Waals surface area (Å²) in [6.07, 6.45) is 0. The van der Waals surface area contributed by atoms with Crippen molar-refractivity contribution in [1.29, 1.82) is 0 Å². The van der Waals surface area contributed by atoms with Crippen LogP contribution in [0.1, 0.15) is 34.6 Å². The zero-order valence-electron chi connectivity index (χ0n) is 40.3. The van der Waals surface area contributed by atoms with Crippen LogP contribution in [-0.2, 0) is 76.1 Å². The molecule has 67 heavy (non-hydrogen) atoms. The number of hydrogen-bond acceptors (Lipinski definition) is 17. The number of ether oxygens (including phenoxy) is 11. The molecule has 0 aromatic rings. The Bertz CT molecular complexity index is 1670. The summed E-state index contributed by atoms with van der Waals surface area (Å²) in [6.45, 7) is 40.7. The first-order valence-corrected chi connectivity index (χ1v) is 20.9. The van der Waals surface area contributed by atoms with Crippen LogP contribution in [0.5, 0.6) is 0 Å². The summed E-state index contributed by atoms with van der Waals surface area (Å²) in [5, 5.41) is 10.9. The van der Waals surface area contributed by atoms with Gasteiger partial charge in [-0.2, -0.15) is 0 Å². The Hall–Kier alpha value is -5.53. The van der Waals surface area contributed by atoms with Crippen molar-refractivity contribution < 1.29 is 81.2 Å². The Morgan fingerprint density at radius 1 is 0.313 bits per heavy atom. The van der Waals surface area contributed by atoms with Gasteiger partial charge in [0.1, 0.15) is 33.0 Å². The molecule has 0 unspecified atom stereocenters. The lowest BCUT2D eigenvalue weighted by Crippen LogP contribution is -2.47. The summed E-state index contributed by atoms with van der Waals surface area (Å²) in [6, 6.07) is 0. The fraction of sp³-hybridized carbons (Fsp3) is 0.500. The molecular weight excluding hydrogens is 873 g/mol. The molecular formula is C50H72O17. The molecule has 0 aromatic heterocycles. The molecule has 0 aliphatic rings. The van der Waals surface area contributed by atoms with E-state index in [1.807, 2.05) is 0 Å². The Morgan fingerprint density at radius 2 is 0.507 bits per heavy atom. The number of esters is 5. The number of carbonyl (C=O) groups excluding carboxylic acids is 5. The van der Waals surface area contributed by atoms with E-state index in [0.717, 1.165) is 0 Å². The topological polar surface area (TPSA) is 207 Å². The van der Waals surface area contributed by atoms with Crippen LogP contribution in [0.4, 0.5) is 0 Å². The second-order valence-electron chi connectivity index (χ2n) is 16.8. The molecule has 0 fully saturated rings. The molecule has 0 bridgehead atoms. The van der Waals surface area contributed by atoms with Crippen LogP contribution >= 0.6 is 0 Å². The molecule has 0 aliphatic heterocycles. The highest BCUT2D eigenvalue weighted by molar-refractivity contribution is 5.90. The summed E-state index contributed by atoms with van der Waals surface area (Å²) < 4.78 is 61.4. The van der Waals surface area contributed by atoms with Gasteiger partial charge < -0.3 is 57.2 Å². The largest absolute Gasteiger partial charge is 0.461 e. The molecule has 0 aliphatic carbocycles. The van der Waals surface area contributed by atoms with Crippen molar-refractivity contribution in [2.45, 2.75) is 34.6 Å². The lowest BCUT2D eigenvalue weighted by atomic mass is 9.90. The fourth-order valence-corrected chi connectivity index (χ4v) is 4.64. The molecule has 0 radical (unpaired) electrons. The van der Waals surface area contributed by atoms with E-state index in [0.29, 0.717) is 27.9 Å². The first-order chi connectivity index (χ1) is 31.4. The quantitative estimate of drug-likeness (QED) is 0.0352. The van der Waals surface area contributed by atoms with Crippen molar-refractivity contribution in [2.24, 2.45) is 10.8 Å². The molecule has 0 atom stereocenters. The summed E-state index contributed by atoms with van der Waals surface area (Å²) in [7, 11) is 0. The maximum absolute atomic E-state index is 13.3. The van der Waals surface area contributed by atoms with Gasteiger partial charge in [0.05, 0.1) is 125 Å². The second-order valence-corrected chi connectivity index (χ2v) is 16.8. The molecule has 0 rings (SSSR count). The van der Waals surface area contributed by atoms with Crippen LogP contribution < -0.4 is 0 Å². The number of rotatable bonds is 40. The summed E-state index contributed by atoms with van der Waals surface area (Å²) in [5.74, 6) is -4.53. The highest BCUT2D eigenvalue weighted by Crippen LogP contribution is 2.27. The normalized spacial score (nSPS) is 11.1. The van der Waals surface area contributed by atoms with Gasteiger partial charge in [0.15, 0.2) is 0 Å². The monoisotopic (exact) mass is 944 g/mol. The van der Waals surface area contributed by atoms with E-state index in [1.165, 1.54) is 0 Å². The standard InChI is InChI=1S/C50H72O17/c1-34(2)16-57-21-39(11)44(52)63-29-49(26-51,30-64-45(53)40(12)22-58-17-35(3)4)27-62-28-50(31-65-46(54)41(13)23-59-18-36(5)6,32-66-47(55)42(14)24-60-19-37(7)8)33-67-48(56)43(15)25-61-20-38(9)10/h51H,1,3,5,7,9,11-33H2,2,4,6,8,10H3. The summed E-state index contributed by atoms with van der Waals surface area (Å²) in [5.41, 5.74) is -0.317. The SMILES string of the molecule is C=C(C)COCC(=C)C(=O)OCC(CO)(COCC(COC(=O)C(=C)COCC(=C)C)(COC(=O)C(=C)COCC(=C)C)COC(=O)C(=C)COCC(=C)C)COC(=O)C(=C)COCC(=C)C. The molecule has 0 amide bonds. The molecule has 0 saturated heterocycles. The molecule has 0 aromatic carbocycles.